The van der Waals surface area contributed by atoms with Crippen molar-refractivity contribution in [1.82, 2.24) is 0 Å². The number of sulfonamides is 1. The van der Waals surface area contributed by atoms with Crippen LogP contribution in [0.2, 0.25) is 5.02 Å². The largest absolute Gasteiger partial charge is 0.324 e. The number of nitrogens with one attached hydrogen (secondary N) is 1. The minimum absolute atomic E-state index is 0.131. The summed E-state index contributed by atoms with van der Waals surface area (Å²) in [4.78, 5) is 12.9. The third-order valence-electron chi connectivity index (χ3n) is 4.33. The molecular weight excluding hydrogens is 403 g/mol. The molecule has 0 spiro atoms. The Hall–Kier alpha value is -2.12. The van der Waals surface area contributed by atoms with Gasteiger partial charge < -0.3 is 5.32 Å². The molecule has 0 aliphatic rings. The number of halogens is 2. The number of benzene rings is 2. The van der Waals surface area contributed by atoms with Crippen LogP contribution in [0, 0.1) is 5.82 Å². The standard InChI is InChI=1S/C20H24ClFN2O3S/c1-5-19(20(25)23-15-8-6-14(7-9-15)13(2)3)24(28(4,26)27)16-10-11-18(22)17(21)12-16/h6-13,19H,5H2,1-4H3,(H,23,25)/t19-/m0/s1. The van der Waals surface area contributed by atoms with E-state index >= 15 is 0 Å². The van der Waals surface area contributed by atoms with E-state index in [0.29, 0.717) is 11.6 Å². The second kappa shape index (κ2) is 8.92. The minimum Gasteiger partial charge on any atom is -0.324 e. The van der Waals surface area contributed by atoms with Crippen LogP contribution >= 0.6 is 11.6 Å². The number of amides is 1. The first-order chi connectivity index (χ1) is 13.0. The number of hydrogen-bond acceptors (Lipinski definition) is 3. The Morgan fingerprint density at radius 1 is 1.18 bits per heavy atom. The van der Waals surface area contributed by atoms with Crippen molar-refractivity contribution in [3.8, 4) is 0 Å². The van der Waals surface area contributed by atoms with Crippen LogP contribution in [0.5, 0.6) is 0 Å². The molecule has 0 saturated carbocycles. The smallest absolute Gasteiger partial charge is 0.248 e. The Labute approximate surface area is 170 Å². The highest BCUT2D eigenvalue weighted by molar-refractivity contribution is 7.92. The third kappa shape index (κ3) is 5.23. The molecule has 2 rings (SSSR count). The van der Waals surface area contributed by atoms with Gasteiger partial charge in [0.2, 0.25) is 15.9 Å². The van der Waals surface area contributed by atoms with Crippen LogP contribution < -0.4 is 9.62 Å². The maximum atomic E-state index is 13.5. The molecular formula is C20H24ClFN2O3S. The van der Waals surface area contributed by atoms with Gasteiger partial charge in [0.15, 0.2) is 0 Å². The molecule has 28 heavy (non-hydrogen) atoms. The van der Waals surface area contributed by atoms with E-state index in [9.17, 15) is 17.6 Å². The lowest BCUT2D eigenvalue weighted by molar-refractivity contribution is -0.117. The minimum atomic E-state index is -3.82. The fraction of sp³-hybridized carbons (Fsp3) is 0.350. The fourth-order valence-corrected chi connectivity index (χ4v) is 4.24. The first-order valence-corrected chi connectivity index (χ1v) is 11.1. The van der Waals surface area contributed by atoms with Crippen LogP contribution in [0.3, 0.4) is 0 Å². The summed E-state index contributed by atoms with van der Waals surface area (Å²) in [6.07, 6.45) is 1.22. The molecule has 1 N–H and O–H groups in total. The van der Waals surface area contributed by atoms with Crippen molar-refractivity contribution >= 4 is 38.9 Å². The van der Waals surface area contributed by atoms with Crippen LogP contribution in [0.4, 0.5) is 15.8 Å². The molecule has 0 radical (unpaired) electrons. The molecule has 0 aliphatic heterocycles. The zero-order valence-electron chi connectivity index (χ0n) is 16.2. The average Bonchev–Trinajstić information content (AvgIpc) is 2.61. The molecule has 152 valence electrons. The van der Waals surface area contributed by atoms with Gasteiger partial charge in [0.1, 0.15) is 11.9 Å². The van der Waals surface area contributed by atoms with Crippen LogP contribution in [-0.4, -0.2) is 26.6 Å². The van der Waals surface area contributed by atoms with Gasteiger partial charge in [-0.2, -0.15) is 0 Å². The third-order valence-corrected chi connectivity index (χ3v) is 5.80. The van der Waals surface area contributed by atoms with Crippen LogP contribution in [0.15, 0.2) is 42.5 Å². The highest BCUT2D eigenvalue weighted by Gasteiger charge is 2.32. The van der Waals surface area contributed by atoms with Gasteiger partial charge in [-0.05, 0) is 48.2 Å². The maximum absolute atomic E-state index is 13.5. The maximum Gasteiger partial charge on any atom is 0.248 e. The van der Waals surface area contributed by atoms with Crippen molar-refractivity contribution in [2.75, 3.05) is 15.9 Å². The monoisotopic (exact) mass is 426 g/mol. The molecule has 0 unspecified atom stereocenters. The Bertz CT molecular complexity index is 946. The number of rotatable bonds is 7. The van der Waals surface area contributed by atoms with Crippen molar-refractivity contribution in [3.63, 3.8) is 0 Å². The summed E-state index contributed by atoms with van der Waals surface area (Å²) in [6.45, 7) is 5.84. The van der Waals surface area contributed by atoms with Crippen molar-refractivity contribution in [2.24, 2.45) is 0 Å². The summed E-state index contributed by atoms with van der Waals surface area (Å²) < 4.78 is 39.3. The molecule has 0 heterocycles. The molecule has 2 aromatic carbocycles. The van der Waals surface area contributed by atoms with E-state index in [1.807, 2.05) is 12.1 Å². The van der Waals surface area contributed by atoms with Gasteiger partial charge in [-0.25, -0.2) is 12.8 Å². The number of anilines is 2. The van der Waals surface area contributed by atoms with E-state index in [1.54, 1.807) is 19.1 Å². The van der Waals surface area contributed by atoms with Gasteiger partial charge >= 0.3 is 0 Å². The zero-order chi connectivity index (χ0) is 21.1. The summed E-state index contributed by atoms with van der Waals surface area (Å²) in [6, 6.07) is 9.93. The SMILES string of the molecule is CC[C@@H](C(=O)Nc1ccc(C(C)C)cc1)N(c1ccc(F)c(Cl)c1)S(C)(=O)=O. The van der Waals surface area contributed by atoms with Gasteiger partial charge in [-0.1, -0.05) is 44.5 Å². The van der Waals surface area contributed by atoms with Gasteiger partial charge in [0, 0.05) is 5.69 Å². The molecule has 0 bridgehead atoms. The summed E-state index contributed by atoms with van der Waals surface area (Å²) in [7, 11) is -3.82. The Morgan fingerprint density at radius 2 is 1.79 bits per heavy atom. The number of hydrogen-bond donors (Lipinski definition) is 1. The van der Waals surface area contributed by atoms with E-state index in [1.165, 1.54) is 12.1 Å². The normalized spacial score (nSPS) is 12.7. The molecule has 0 aromatic heterocycles. The molecule has 2 aromatic rings. The average molecular weight is 427 g/mol. The predicted molar refractivity (Wildman–Crippen MR) is 112 cm³/mol. The Morgan fingerprint density at radius 3 is 2.25 bits per heavy atom. The highest BCUT2D eigenvalue weighted by atomic mass is 35.5. The summed E-state index contributed by atoms with van der Waals surface area (Å²) in [5.41, 5.74) is 1.83. The predicted octanol–water partition coefficient (Wildman–Crippen LogP) is 4.79. The topological polar surface area (TPSA) is 66.5 Å². The Balaban J connectivity index is 2.34. The van der Waals surface area contributed by atoms with Gasteiger partial charge in [0.25, 0.3) is 0 Å². The summed E-state index contributed by atoms with van der Waals surface area (Å²) >= 11 is 5.81. The fourth-order valence-electron chi connectivity index (χ4n) is 2.86. The quantitative estimate of drug-likeness (QED) is 0.692. The summed E-state index contributed by atoms with van der Waals surface area (Å²) in [5, 5.41) is 2.54. The van der Waals surface area contributed by atoms with E-state index in [2.05, 4.69) is 19.2 Å². The first kappa shape index (κ1) is 22.2. The zero-order valence-corrected chi connectivity index (χ0v) is 17.8. The molecule has 1 amide bonds. The van der Waals surface area contributed by atoms with Crippen LogP contribution in [-0.2, 0) is 14.8 Å². The van der Waals surface area contributed by atoms with Crippen molar-refractivity contribution in [3.05, 3.63) is 58.9 Å². The lowest BCUT2D eigenvalue weighted by atomic mass is 10.0. The highest BCUT2D eigenvalue weighted by Crippen LogP contribution is 2.28. The number of nitrogens with zero attached hydrogens (tertiary/aromatic N) is 1. The molecule has 0 fully saturated rings. The van der Waals surface area contributed by atoms with Crippen molar-refractivity contribution < 1.29 is 17.6 Å². The second-order valence-corrected chi connectivity index (χ2v) is 9.11. The van der Waals surface area contributed by atoms with Crippen LogP contribution in [0.1, 0.15) is 38.7 Å². The van der Waals surface area contributed by atoms with E-state index in [-0.39, 0.29) is 17.1 Å². The second-order valence-electron chi connectivity index (χ2n) is 6.85. The van der Waals surface area contributed by atoms with Crippen molar-refractivity contribution in [1.29, 1.82) is 0 Å². The van der Waals surface area contributed by atoms with Crippen LogP contribution in [0.25, 0.3) is 0 Å². The van der Waals surface area contributed by atoms with E-state index in [4.69, 9.17) is 11.6 Å². The molecule has 1 atom stereocenters. The molecule has 5 nitrogen and oxygen atoms in total. The number of carbonyl (C=O) groups excluding carboxylic acids is 1. The first-order valence-electron chi connectivity index (χ1n) is 8.89. The molecule has 8 heteroatoms. The molecule has 0 saturated heterocycles. The lowest BCUT2D eigenvalue weighted by Gasteiger charge is -2.30. The number of carbonyl (C=O) groups is 1. The summed E-state index contributed by atoms with van der Waals surface area (Å²) in [5.74, 6) is -0.788. The lowest BCUT2D eigenvalue weighted by Crippen LogP contribution is -2.47. The van der Waals surface area contributed by atoms with Gasteiger partial charge in [0.05, 0.1) is 17.0 Å². The molecule has 0 aliphatic carbocycles. The van der Waals surface area contributed by atoms with Gasteiger partial charge in [-0.15, -0.1) is 0 Å². The van der Waals surface area contributed by atoms with Crippen molar-refractivity contribution in [2.45, 2.75) is 39.2 Å². The Kier molecular flexibility index (Phi) is 7.06. The van der Waals surface area contributed by atoms with E-state index < -0.39 is 27.8 Å². The van der Waals surface area contributed by atoms with Gasteiger partial charge in [-0.3, -0.25) is 9.10 Å². The van der Waals surface area contributed by atoms with E-state index in [0.717, 1.165) is 22.2 Å².